The van der Waals surface area contributed by atoms with Crippen LogP contribution in [-0.2, 0) is 4.74 Å². The standard InChI is InChI=1S/C11H20OS/c1-2-6-11(5-1)13-9-10-4-3-7-12-8-10/h10-11H,1-9H2. The van der Waals surface area contributed by atoms with Crippen molar-refractivity contribution in [3.8, 4) is 0 Å². The molecule has 0 radical (unpaired) electrons. The number of hydrogen-bond donors (Lipinski definition) is 0. The maximum absolute atomic E-state index is 5.48. The van der Waals surface area contributed by atoms with Gasteiger partial charge in [0.25, 0.3) is 0 Å². The van der Waals surface area contributed by atoms with Crippen molar-refractivity contribution in [2.75, 3.05) is 19.0 Å². The molecule has 0 aromatic carbocycles. The monoisotopic (exact) mass is 200 g/mol. The first-order valence-corrected chi connectivity index (χ1v) is 6.69. The van der Waals surface area contributed by atoms with E-state index < -0.39 is 0 Å². The molecule has 1 unspecified atom stereocenters. The van der Waals surface area contributed by atoms with Crippen LogP contribution >= 0.6 is 11.8 Å². The normalized spacial score (nSPS) is 30.9. The minimum Gasteiger partial charge on any atom is -0.381 e. The van der Waals surface area contributed by atoms with E-state index in [1.807, 2.05) is 0 Å². The van der Waals surface area contributed by atoms with E-state index >= 15 is 0 Å². The molecule has 0 N–H and O–H groups in total. The van der Waals surface area contributed by atoms with Gasteiger partial charge in [0.05, 0.1) is 6.61 Å². The van der Waals surface area contributed by atoms with E-state index in [0.717, 1.165) is 24.4 Å². The lowest BCUT2D eigenvalue weighted by molar-refractivity contribution is 0.0632. The Kier molecular flexibility index (Phi) is 3.98. The molecule has 2 fully saturated rings. The van der Waals surface area contributed by atoms with Crippen LogP contribution in [0.25, 0.3) is 0 Å². The van der Waals surface area contributed by atoms with Gasteiger partial charge in [-0.25, -0.2) is 0 Å². The summed E-state index contributed by atoms with van der Waals surface area (Å²) in [4.78, 5) is 0. The predicted molar refractivity (Wildman–Crippen MR) is 58.3 cm³/mol. The summed E-state index contributed by atoms with van der Waals surface area (Å²) in [6.07, 6.45) is 8.57. The van der Waals surface area contributed by atoms with Crippen LogP contribution in [0.15, 0.2) is 0 Å². The summed E-state index contributed by atoms with van der Waals surface area (Å²) in [6.45, 7) is 2.03. The molecule has 1 saturated carbocycles. The average Bonchev–Trinajstić information content (AvgIpc) is 2.69. The molecule has 0 aromatic rings. The maximum Gasteiger partial charge on any atom is 0.0502 e. The summed E-state index contributed by atoms with van der Waals surface area (Å²) < 4.78 is 5.48. The third kappa shape index (κ3) is 3.17. The summed E-state index contributed by atoms with van der Waals surface area (Å²) in [7, 11) is 0. The van der Waals surface area contributed by atoms with Crippen LogP contribution in [0.3, 0.4) is 0 Å². The highest BCUT2D eigenvalue weighted by Crippen LogP contribution is 2.31. The van der Waals surface area contributed by atoms with Crippen LogP contribution in [0, 0.1) is 5.92 Å². The Bertz CT molecular complexity index is 137. The second-order valence-corrected chi connectivity index (χ2v) is 5.66. The summed E-state index contributed by atoms with van der Waals surface area (Å²) in [6, 6.07) is 0. The summed E-state index contributed by atoms with van der Waals surface area (Å²) in [5.41, 5.74) is 0. The fourth-order valence-electron chi connectivity index (χ4n) is 2.27. The topological polar surface area (TPSA) is 9.23 Å². The van der Waals surface area contributed by atoms with Gasteiger partial charge in [0.1, 0.15) is 0 Å². The van der Waals surface area contributed by atoms with Gasteiger partial charge in [0.2, 0.25) is 0 Å². The third-order valence-electron chi connectivity index (χ3n) is 3.12. The molecule has 2 aliphatic rings. The van der Waals surface area contributed by atoms with Gasteiger partial charge in [-0.15, -0.1) is 0 Å². The highest BCUT2D eigenvalue weighted by Gasteiger charge is 2.19. The lowest BCUT2D eigenvalue weighted by Gasteiger charge is -2.22. The zero-order valence-corrected chi connectivity index (χ0v) is 9.15. The Morgan fingerprint density at radius 3 is 2.62 bits per heavy atom. The largest absolute Gasteiger partial charge is 0.381 e. The Labute approximate surface area is 85.6 Å². The zero-order chi connectivity index (χ0) is 8.93. The van der Waals surface area contributed by atoms with Crippen molar-refractivity contribution in [1.82, 2.24) is 0 Å². The van der Waals surface area contributed by atoms with Crippen molar-refractivity contribution in [1.29, 1.82) is 0 Å². The highest BCUT2D eigenvalue weighted by atomic mass is 32.2. The Balaban J connectivity index is 1.60. The van der Waals surface area contributed by atoms with E-state index in [1.165, 1.54) is 44.3 Å². The fourth-order valence-corrected chi connectivity index (χ4v) is 3.74. The van der Waals surface area contributed by atoms with Gasteiger partial charge in [-0.05, 0) is 37.4 Å². The molecule has 1 nitrogen and oxygen atoms in total. The van der Waals surface area contributed by atoms with Gasteiger partial charge in [0, 0.05) is 11.9 Å². The molecule has 1 saturated heterocycles. The first-order valence-electron chi connectivity index (χ1n) is 5.64. The highest BCUT2D eigenvalue weighted by molar-refractivity contribution is 7.99. The lowest BCUT2D eigenvalue weighted by Crippen LogP contribution is -2.20. The maximum atomic E-state index is 5.48. The van der Waals surface area contributed by atoms with Crippen molar-refractivity contribution < 1.29 is 4.74 Å². The van der Waals surface area contributed by atoms with E-state index in [9.17, 15) is 0 Å². The number of thioether (sulfide) groups is 1. The van der Waals surface area contributed by atoms with Crippen LogP contribution in [0.1, 0.15) is 38.5 Å². The van der Waals surface area contributed by atoms with Crippen LogP contribution in [0.4, 0.5) is 0 Å². The van der Waals surface area contributed by atoms with Gasteiger partial charge in [-0.1, -0.05) is 12.8 Å². The van der Waals surface area contributed by atoms with Crippen molar-refractivity contribution in [3.05, 3.63) is 0 Å². The fraction of sp³-hybridized carbons (Fsp3) is 1.00. The molecule has 0 amide bonds. The van der Waals surface area contributed by atoms with Crippen LogP contribution < -0.4 is 0 Å². The van der Waals surface area contributed by atoms with E-state index in [4.69, 9.17) is 4.74 Å². The van der Waals surface area contributed by atoms with Crippen molar-refractivity contribution in [2.24, 2.45) is 5.92 Å². The lowest BCUT2D eigenvalue weighted by atomic mass is 10.1. The summed E-state index contributed by atoms with van der Waals surface area (Å²) >= 11 is 2.21. The zero-order valence-electron chi connectivity index (χ0n) is 8.34. The van der Waals surface area contributed by atoms with E-state index in [-0.39, 0.29) is 0 Å². The predicted octanol–water partition coefficient (Wildman–Crippen LogP) is 3.09. The number of hydrogen-bond acceptors (Lipinski definition) is 2. The minimum absolute atomic E-state index is 0.861. The molecular formula is C11H20OS. The molecule has 0 spiro atoms. The molecule has 1 aliphatic heterocycles. The van der Waals surface area contributed by atoms with Gasteiger partial charge in [-0.2, -0.15) is 11.8 Å². The van der Waals surface area contributed by atoms with Crippen molar-refractivity contribution in [2.45, 2.75) is 43.8 Å². The van der Waals surface area contributed by atoms with Crippen LogP contribution in [-0.4, -0.2) is 24.2 Å². The number of rotatable bonds is 3. The quantitative estimate of drug-likeness (QED) is 0.692. The van der Waals surface area contributed by atoms with Gasteiger partial charge >= 0.3 is 0 Å². The molecule has 1 atom stereocenters. The molecule has 1 aliphatic carbocycles. The molecule has 1 heterocycles. The summed E-state index contributed by atoms with van der Waals surface area (Å²) in [5, 5.41) is 0.988. The molecule has 0 aromatic heterocycles. The first-order chi connectivity index (χ1) is 6.45. The van der Waals surface area contributed by atoms with E-state index in [0.29, 0.717) is 0 Å². The molecule has 2 rings (SSSR count). The Hall–Kier alpha value is 0.310. The molecule has 13 heavy (non-hydrogen) atoms. The third-order valence-corrected chi connectivity index (χ3v) is 4.73. The minimum atomic E-state index is 0.861. The van der Waals surface area contributed by atoms with Crippen LogP contribution in [0.5, 0.6) is 0 Å². The van der Waals surface area contributed by atoms with Gasteiger partial charge in [-0.3, -0.25) is 0 Å². The van der Waals surface area contributed by atoms with E-state index in [1.54, 1.807) is 0 Å². The Morgan fingerprint density at radius 1 is 1.08 bits per heavy atom. The number of ether oxygens (including phenoxy) is 1. The van der Waals surface area contributed by atoms with E-state index in [2.05, 4.69) is 11.8 Å². The second-order valence-electron chi connectivity index (χ2n) is 4.32. The SMILES string of the molecule is C1COCC(CSC2CCCC2)C1. The smallest absolute Gasteiger partial charge is 0.0502 e. The van der Waals surface area contributed by atoms with Crippen molar-refractivity contribution in [3.63, 3.8) is 0 Å². The second kappa shape index (κ2) is 5.26. The first kappa shape index (κ1) is 9.85. The molecule has 0 bridgehead atoms. The van der Waals surface area contributed by atoms with Crippen LogP contribution in [0.2, 0.25) is 0 Å². The van der Waals surface area contributed by atoms with Gasteiger partial charge in [0.15, 0.2) is 0 Å². The van der Waals surface area contributed by atoms with Gasteiger partial charge < -0.3 is 4.74 Å². The molecular weight excluding hydrogens is 180 g/mol. The molecule has 2 heteroatoms. The molecule has 76 valence electrons. The Morgan fingerprint density at radius 2 is 1.92 bits per heavy atom. The summed E-state index contributed by atoms with van der Waals surface area (Å²) in [5.74, 6) is 2.21. The average molecular weight is 200 g/mol. The van der Waals surface area contributed by atoms with Crippen molar-refractivity contribution >= 4 is 11.8 Å².